The number of piperazine rings is 1. The average Bonchev–Trinajstić information content (AvgIpc) is 3.38. The molecule has 0 saturated carbocycles. The Labute approximate surface area is 156 Å². The maximum atomic E-state index is 9.39. The first-order valence-electron chi connectivity index (χ1n) is 8.68. The Hall–Kier alpha value is -3.55. The molecule has 1 fully saturated rings. The van der Waals surface area contributed by atoms with Gasteiger partial charge in [0.2, 0.25) is 11.6 Å². The highest BCUT2D eigenvalue weighted by Crippen LogP contribution is 2.29. The van der Waals surface area contributed by atoms with Crippen molar-refractivity contribution in [2.45, 2.75) is 6.54 Å². The fourth-order valence-corrected chi connectivity index (χ4v) is 3.21. The minimum Gasteiger partial charge on any atom is -0.459 e. The zero-order valence-corrected chi connectivity index (χ0v) is 14.6. The second-order valence-corrected chi connectivity index (χ2v) is 6.34. The Kier molecular flexibility index (Phi) is 4.61. The summed E-state index contributed by atoms with van der Waals surface area (Å²) in [6.45, 7) is 3.93. The number of hydrogen-bond acceptors (Lipinski definition) is 7. The van der Waals surface area contributed by atoms with E-state index < -0.39 is 0 Å². The van der Waals surface area contributed by atoms with Crippen molar-refractivity contribution in [1.82, 2.24) is 9.88 Å². The molecule has 0 N–H and O–H groups in total. The molecule has 0 spiro atoms. The van der Waals surface area contributed by atoms with E-state index in [9.17, 15) is 5.26 Å². The van der Waals surface area contributed by atoms with Crippen LogP contribution in [0.4, 0.5) is 5.88 Å². The fourth-order valence-electron chi connectivity index (χ4n) is 3.21. The highest BCUT2D eigenvalue weighted by molar-refractivity contribution is 5.55. The Balaban J connectivity index is 1.43. The van der Waals surface area contributed by atoms with Crippen molar-refractivity contribution in [1.29, 1.82) is 10.5 Å². The van der Waals surface area contributed by atoms with E-state index >= 15 is 0 Å². The van der Waals surface area contributed by atoms with Gasteiger partial charge in [0.25, 0.3) is 5.89 Å². The van der Waals surface area contributed by atoms with Crippen LogP contribution in [0.5, 0.6) is 0 Å². The third-order valence-corrected chi connectivity index (χ3v) is 4.57. The predicted octanol–water partition coefficient (Wildman–Crippen LogP) is 3.00. The molecule has 134 valence electrons. The lowest BCUT2D eigenvalue weighted by atomic mass is 10.1. The van der Waals surface area contributed by atoms with Gasteiger partial charge in [-0.05, 0) is 29.8 Å². The molecule has 1 aliphatic rings. The van der Waals surface area contributed by atoms with Crippen molar-refractivity contribution in [2.24, 2.45) is 0 Å². The maximum absolute atomic E-state index is 9.39. The molecule has 27 heavy (non-hydrogen) atoms. The van der Waals surface area contributed by atoms with Gasteiger partial charge in [-0.2, -0.15) is 15.5 Å². The largest absolute Gasteiger partial charge is 0.459 e. The number of benzene rings is 1. The molecule has 2 aromatic heterocycles. The van der Waals surface area contributed by atoms with Crippen LogP contribution in [0.3, 0.4) is 0 Å². The summed E-state index contributed by atoms with van der Waals surface area (Å²) in [7, 11) is 0. The zero-order chi connectivity index (χ0) is 18.6. The van der Waals surface area contributed by atoms with E-state index in [0.717, 1.165) is 38.3 Å². The monoisotopic (exact) mass is 359 g/mol. The van der Waals surface area contributed by atoms with Crippen LogP contribution in [0.2, 0.25) is 0 Å². The summed E-state index contributed by atoms with van der Waals surface area (Å²) in [4.78, 5) is 8.61. The van der Waals surface area contributed by atoms with Crippen molar-refractivity contribution in [3.8, 4) is 23.8 Å². The molecular weight excluding hydrogens is 342 g/mol. The van der Waals surface area contributed by atoms with Crippen LogP contribution in [-0.4, -0.2) is 36.1 Å². The number of nitrogens with zero attached hydrogens (tertiary/aromatic N) is 5. The van der Waals surface area contributed by atoms with Crippen molar-refractivity contribution >= 4 is 5.88 Å². The van der Waals surface area contributed by atoms with Gasteiger partial charge >= 0.3 is 0 Å². The van der Waals surface area contributed by atoms with Gasteiger partial charge in [0, 0.05) is 32.7 Å². The molecule has 0 radical (unpaired) electrons. The van der Waals surface area contributed by atoms with Gasteiger partial charge in [-0.1, -0.05) is 12.1 Å². The molecule has 0 bridgehead atoms. The third-order valence-electron chi connectivity index (χ3n) is 4.57. The van der Waals surface area contributed by atoms with E-state index in [4.69, 9.17) is 14.1 Å². The van der Waals surface area contributed by atoms with E-state index in [1.54, 1.807) is 18.4 Å². The number of nitriles is 2. The van der Waals surface area contributed by atoms with Gasteiger partial charge in [-0.3, -0.25) is 4.90 Å². The molecule has 1 aromatic carbocycles. The molecule has 0 aliphatic carbocycles. The van der Waals surface area contributed by atoms with Crippen LogP contribution in [-0.2, 0) is 6.54 Å². The van der Waals surface area contributed by atoms with Crippen LogP contribution < -0.4 is 4.90 Å². The first-order valence-corrected chi connectivity index (χ1v) is 8.68. The summed E-state index contributed by atoms with van der Waals surface area (Å²) < 4.78 is 11.1. The van der Waals surface area contributed by atoms with Crippen LogP contribution >= 0.6 is 0 Å². The fraction of sp³-hybridized carbons (Fsp3) is 0.250. The minimum absolute atomic E-state index is 0.275. The average molecular weight is 359 g/mol. The topological polar surface area (TPSA) is 93.2 Å². The molecule has 4 rings (SSSR count). The molecular formula is C20H17N5O2. The van der Waals surface area contributed by atoms with Gasteiger partial charge in [0.05, 0.1) is 17.9 Å². The minimum atomic E-state index is 0.275. The summed E-state index contributed by atoms with van der Waals surface area (Å²) in [5.74, 6) is 1.33. The Morgan fingerprint density at radius 3 is 2.59 bits per heavy atom. The lowest BCUT2D eigenvalue weighted by Crippen LogP contribution is -2.46. The standard InChI is InChI=1S/C20H17N5O2/c21-12-15-3-1-4-16(11-15)14-24-6-8-25(9-7-24)20-17(13-22)23-19(27-20)18-5-2-10-26-18/h1-5,10-11H,6-9,14H2. The number of rotatable bonds is 4. The molecule has 7 heteroatoms. The number of anilines is 1. The lowest BCUT2D eigenvalue weighted by molar-refractivity contribution is 0.246. The van der Waals surface area contributed by atoms with Crippen molar-refractivity contribution in [2.75, 3.05) is 31.1 Å². The normalized spacial score (nSPS) is 14.7. The number of aromatic nitrogens is 1. The molecule has 7 nitrogen and oxygen atoms in total. The summed E-state index contributed by atoms with van der Waals surface area (Å²) in [6, 6.07) is 15.5. The van der Waals surface area contributed by atoms with Crippen molar-refractivity contribution < 1.29 is 8.83 Å². The highest BCUT2D eigenvalue weighted by atomic mass is 16.4. The Morgan fingerprint density at radius 2 is 1.89 bits per heavy atom. The lowest BCUT2D eigenvalue weighted by Gasteiger charge is -2.34. The Bertz CT molecular complexity index is 1000. The first-order chi connectivity index (χ1) is 13.3. The van der Waals surface area contributed by atoms with Gasteiger partial charge in [0.15, 0.2) is 5.76 Å². The molecule has 3 heterocycles. The van der Waals surface area contributed by atoms with Crippen LogP contribution in [0.1, 0.15) is 16.8 Å². The molecule has 0 amide bonds. The van der Waals surface area contributed by atoms with Gasteiger partial charge in [0.1, 0.15) is 6.07 Å². The SMILES string of the molecule is N#Cc1cccc(CN2CCN(c3oc(-c4ccco4)nc3C#N)CC2)c1. The second kappa shape index (κ2) is 7.36. The number of oxazole rings is 1. The Morgan fingerprint density at radius 1 is 1.04 bits per heavy atom. The summed E-state index contributed by atoms with van der Waals surface area (Å²) in [5, 5.41) is 18.4. The molecule has 0 unspecified atom stereocenters. The molecule has 1 aliphatic heterocycles. The first kappa shape index (κ1) is 16.9. The maximum Gasteiger partial charge on any atom is 0.266 e. The highest BCUT2D eigenvalue weighted by Gasteiger charge is 2.25. The molecule has 3 aromatic rings. The van der Waals surface area contributed by atoms with E-state index in [0.29, 0.717) is 23.1 Å². The van der Waals surface area contributed by atoms with Gasteiger partial charge < -0.3 is 13.7 Å². The van der Waals surface area contributed by atoms with Crippen molar-refractivity contribution in [3.63, 3.8) is 0 Å². The summed E-state index contributed by atoms with van der Waals surface area (Å²) in [5.41, 5.74) is 2.08. The summed E-state index contributed by atoms with van der Waals surface area (Å²) >= 11 is 0. The van der Waals surface area contributed by atoms with Crippen LogP contribution in [0, 0.1) is 22.7 Å². The smallest absolute Gasteiger partial charge is 0.266 e. The van der Waals surface area contributed by atoms with Crippen LogP contribution in [0.15, 0.2) is 51.5 Å². The van der Waals surface area contributed by atoms with Gasteiger partial charge in [-0.15, -0.1) is 0 Å². The van der Waals surface area contributed by atoms with Crippen LogP contribution in [0.25, 0.3) is 11.7 Å². The van der Waals surface area contributed by atoms with Gasteiger partial charge in [-0.25, -0.2) is 0 Å². The third kappa shape index (κ3) is 3.55. The molecule has 1 saturated heterocycles. The second-order valence-electron chi connectivity index (χ2n) is 6.34. The quantitative estimate of drug-likeness (QED) is 0.707. The van der Waals surface area contributed by atoms with Crippen molar-refractivity contribution in [3.05, 3.63) is 59.5 Å². The number of furan rings is 1. The van der Waals surface area contributed by atoms with E-state index in [-0.39, 0.29) is 5.69 Å². The molecule has 0 atom stereocenters. The van der Waals surface area contributed by atoms with E-state index in [1.807, 2.05) is 29.2 Å². The number of hydrogen-bond donors (Lipinski definition) is 0. The summed E-state index contributed by atoms with van der Waals surface area (Å²) in [6.07, 6.45) is 1.55. The van der Waals surface area contributed by atoms with E-state index in [1.165, 1.54) is 0 Å². The predicted molar refractivity (Wildman–Crippen MR) is 97.6 cm³/mol. The zero-order valence-electron chi connectivity index (χ0n) is 14.6. The van der Waals surface area contributed by atoms with E-state index in [2.05, 4.69) is 22.0 Å².